The number of phenols is 1. The van der Waals surface area contributed by atoms with E-state index in [1.165, 1.54) is 28.6 Å². The van der Waals surface area contributed by atoms with Crippen LogP contribution < -0.4 is 10.5 Å². The van der Waals surface area contributed by atoms with E-state index in [2.05, 4.69) is 9.71 Å². The molecule has 154 valence electrons. The first-order chi connectivity index (χ1) is 13.7. The molecule has 3 N–H and O–H groups in total. The van der Waals surface area contributed by atoms with Crippen LogP contribution in [0.25, 0.3) is 11.1 Å². The highest BCUT2D eigenvalue weighted by molar-refractivity contribution is 7.92. The van der Waals surface area contributed by atoms with Crippen molar-refractivity contribution in [3.8, 4) is 5.75 Å². The number of phenolic OH excluding ortho intramolecular Hbond substituents is 1. The molecule has 2 aromatic carbocycles. The quantitative estimate of drug-likeness (QED) is 0.509. The summed E-state index contributed by atoms with van der Waals surface area (Å²) in [6, 6.07) is 7.17. The van der Waals surface area contributed by atoms with Gasteiger partial charge >= 0.3 is 5.76 Å². The molecule has 1 saturated heterocycles. The van der Waals surface area contributed by atoms with Crippen molar-refractivity contribution in [2.45, 2.75) is 22.6 Å². The number of benzene rings is 2. The van der Waals surface area contributed by atoms with Crippen LogP contribution in [0.5, 0.6) is 5.75 Å². The van der Waals surface area contributed by atoms with E-state index in [1.807, 2.05) is 0 Å². The van der Waals surface area contributed by atoms with Crippen LogP contribution >= 0.6 is 0 Å². The van der Waals surface area contributed by atoms with E-state index in [-0.39, 0.29) is 26.6 Å². The Morgan fingerprint density at radius 1 is 1.00 bits per heavy atom. The maximum absolute atomic E-state index is 12.7. The SMILES string of the molecule is O=c1[nH]c2cc(S(=O)(=O)Nc3cc(S(=O)(=O)N4CCCC4)ccc3O)ccc2o1. The Labute approximate surface area is 165 Å². The average molecular weight is 439 g/mol. The van der Waals surface area contributed by atoms with Gasteiger partial charge < -0.3 is 9.52 Å². The lowest BCUT2D eigenvalue weighted by Gasteiger charge is -2.17. The van der Waals surface area contributed by atoms with E-state index in [1.54, 1.807) is 0 Å². The fourth-order valence-corrected chi connectivity index (χ4v) is 5.77. The Balaban J connectivity index is 1.69. The van der Waals surface area contributed by atoms with E-state index in [9.17, 15) is 26.7 Å². The highest BCUT2D eigenvalue weighted by atomic mass is 32.2. The molecule has 0 amide bonds. The van der Waals surface area contributed by atoms with Crippen LogP contribution in [-0.2, 0) is 20.0 Å². The van der Waals surface area contributed by atoms with E-state index >= 15 is 0 Å². The maximum atomic E-state index is 12.7. The fourth-order valence-electron chi connectivity index (χ4n) is 3.14. The first-order valence-electron chi connectivity index (χ1n) is 8.66. The number of sulfonamides is 2. The molecule has 0 atom stereocenters. The number of anilines is 1. The molecule has 1 aromatic heterocycles. The maximum Gasteiger partial charge on any atom is 0.417 e. The summed E-state index contributed by atoms with van der Waals surface area (Å²) in [6.45, 7) is 0.792. The highest BCUT2D eigenvalue weighted by Crippen LogP contribution is 2.31. The molecule has 1 fully saturated rings. The molecule has 29 heavy (non-hydrogen) atoms. The van der Waals surface area contributed by atoms with Crippen molar-refractivity contribution >= 4 is 36.8 Å². The van der Waals surface area contributed by atoms with Gasteiger partial charge in [-0.25, -0.2) is 21.6 Å². The van der Waals surface area contributed by atoms with Crippen LogP contribution in [0.3, 0.4) is 0 Å². The molecule has 4 rings (SSSR count). The fraction of sp³-hybridized carbons (Fsp3) is 0.235. The van der Waals surface area contributed by atoms with Crippen molar-refractivity contribution in [3.05, 3.63) is 46.9 Å². The van der Waals surface area contributed by atoms with Gasteiger partial charge in [0.15, 0.2) is 5.58 Å². The molecule has 12 heteroatoms. The van der Waals surface area contributed by atoms with Gasteiger partial charge in [0.05, 0.1) is 21.0 Å². The van der Waals surface area contributed by atoms with Crippen molar-refractivity contribution in [2.24, 2.45) is 0 Å². The number of H-pyrrole nitrogens is 1. The number of hydrogen-bond acceptors (Lipinski definition) is 7. The summed E-state index contributed by atoms with van der Waals surface area (Å²) < 4.78 is 59.2. The largest absolute Gasteiger partial charge is 0.506 e. The summed E-state index contributed by atoms with van der Waals surface area (Å²) in [5.74, 6) is -1.15. The molecular weight excluding hydrogens is 422 g/mol. The lowest BCUT2D eigenvalue weighted by Crippen LogP contribution is -2.28. The normalized spacial score (nSPS) is 15.7. The molecule has 0 unspecified atom stereocenters. The zero-order valence-corrected chi connectivity index (χ0v) is 16.6. The van der Waals surface area contributed by atoms with Gasteiger partial charge in [-0.1, -0.05) is 0 Å². The molecular formula is C17H17N3O7S2. The highest BCUT2D eigenvalue weighted by Gasteiger charge is 2.28. The molecule has 1 aliphatic heterocycles. The van der Waals surface area contributed by atoms with Crippen molar-refractivity contribution < 1.29 is 26.4 Å². The number of fused-ring (bicyclic) bond motifs is 1. The van der Waals surface area contributed by atoms with Crippen molar-refractivity contribution in [2.75, 3.05) is 17.8 Å². The predicted octanol–water partition coefficient (Wildman–Crippen LogP) is 1.41. The number of aromatic nitrogens is 1. The second kappa shape index (κ2) is 6.90. The average Bonchev–Trinajstić information content (AvgIpc) is 3.31. The van der Waals surface area contributed by atoms with Gasteiger partial charge in [-0.3, -0.25) is 9.71 Å². The zero-order chi connectivity index (χ0) is 20.8. The van der Waals surface area contributed by atoms with Crippen LogP contribution in [0.2, 0.25) is 0 Å². The number of nitrogens with zero attached hydrogens (tertiary/aromatic N) is 1. The Morgan fingerprint density at radius 2 is 1.69 bits per heavy atom. The van der Waals surface area contributed by atoms with Crippen LogP contribution in [-0.4, -0.2) is 44.3 Å². The van der Waals surface area contributed by atoms with Crippen LogP contribution in [0.4, 0.5) is 5.69 Å². The second-order valence-corrected chi connectivity index (χ2v) is 10.2. The Morgan fingerprint density at radius 3 is 2.41 bits per heavy atom. The van der Waals surface area contributed by atoms with Crippen molar-refractivity contribution in [1.29, 1.82) is 0 Å². The lowest BCUT2D eigenvalue weighted by molar-refractivity contribution is 0.473. The molecule has 0 radical (unpaired) electrons. The number of aromatic amines is 1. The third kappa shape index (κ3) is 3.61. The lowest BCUT2D eigenvalue weighted by atomic mass is 10.3. The minimum absolute atomic E-state index is 0.121. The summed E-state index contributed by atoms with van der Waals surface area (Å²) in [6.07, 6.45) is 1.52. The monoisotopic (exact) mass is 439 g/mol. The molecule has 3 aromatic rings. The van der Waals surface area contributed by atoms with Gasteiger partial charge in [0.1, 0.15) is 5.75 Å². The Bertz CT molecular complexity index is 1350. The van der Waals surface area contributed by atoms with E-state index < -0.39 is 31.6 Å². The first-order valence-corrected chi connectivity index (χ1v) is 11.6. The summed E-state index contributed by atoms with van der Waals surface area (Å²) >= 11 is 0. The van der Waals surface area contributed by atoms with E-state index in [0.717, 1.165) is 25.0 Å². The van der Waals surface area contributed by atoms with Gasteiger partial charge in [0.2, 0.25) is 10.0 Å². The Hall–Kier alpha value is -2.83. The number of nitrogens with one attached hydrogen (secondary N) is 2. The van der Waals surface area contributed by atoms with Gasteiger partial charge in [0, 0.05) is 13.1 Å². The minimum atomic E-state index is -4.18. The van der Waals surface area contributed by atoms with E-state index in [0.29, 0.717) is 13.1 Å². The summed E-state index contributed by atoms with van der Waals surface area (Å²) in [7, 11) is -7.97. The van der Waals surface area contributed by atoms with E-state index in [4.69, 9.17) is 4.42 Å². The third-order valence-corrected chi connectivity index (χ3v) is 7.87. The first kappa shape index (κ1) is 19.5. The topological polar surface area (TPSA) is 150 Å². The van der Waals surface area contributed by atoms with Crippen molar-refractivity contribution in [3.63, 3.8) is 0 Å². The zero-order valence-electron chi connectivity index (χ0n) is 15.0. The Kier molecular flexibility index (Phi) is 4.63. The van der Waals surface area contributed by atoms with Crippen molar-refractivity contribution in [1.82, 2.24) is 9.29 Å². The number of rotatable bonds is 5. The number of hydrogen-bond donors (Lipinski definition) is 3. The second-order valence-electron chi connectivity index (χ2n) is 6.57. The van der Waals surface area contributed by atoms with Crippen LogP contribution in [0, 0.1) is 0 Å². The number of aromatic hydroxyl groups is 1. The summed E-state index contributed by atoms with van der Waals surface area (Å²) in [5.41, 5.74) is 0.106. The van der Waals surface area contributed by atoms with Gasteiger partial charge in [-0.2, -0.15) is 4.31 Å². The van der Waals surface area contributed by atoms with Crippen LogP contribution in [0.15, 0.2) is 55.4 Å². The molecule has 2 heterocycles. The number of oxazole rings is 1. The smallest absolute Gasteiger partial charge is 0.417 e. The van der Waals surface area contributed by atoms with Crippen LogP contribution in [0.1, 0.15) is 12.8 Å². The van der Waals surface area contributed by atoms with Gasteiger partial charge in [-0.15, -0.1) is 0 Å². The predicted molar refractivity (Wildman–Crippen MR) is 104 cm³/mol. The molecule has 1 aliphatic rings. The molecule has 0 aliphatic carbocycles. The molecule has 0 bridgehead atoms. The standard InChI is InChI=1S/C17H17N3O7S2/c21-15-5-3-12(29(25,26)20-7-1-2-8-20)10-13(15)19-28(23,24)11-4-6-16-14(9-11)18-17(22)27-16/h3-6,9-10,19,21H,1-2,7-8H2,(H,18,22). The summed E-state index contributed by atoms with van der Waals surface area (Å²) in [5, 5.41) is 10.1. The van der Waals surface area contributed by atoms with Gasteiger partial charge in [-0.05, 0) is 49.2 Å². The minimum Gasteiger partial charge on any atom is -0.506 e. The summed E-state index contributed by atoms with van der Waals surface area (Å²) in [4.78, 5) is 13.3. The molecule has 0 saturated carbocycles. The molecule has 10 nitrogen and oxygen atoms in total. The molecule has 0 spiro atoms. The third-order valence-electron chi connectivity index (χ3n) is 4.62. The van der Waals surface area contributed by atoms with Gasteiger partial charge in [0.25, 0.3) is 10.0 Å².